The first kappa shape index (κ1) is 32.6. The molecule has 10 aromatic carbocycles. The summed E-state index contributed by atoms with van der Waals surface area (Å²) in [7, 11) is 0. The zero-order valence-electron chi connectivity index (χ0n) is 31.6. The molecule has 0 N–H and O–H groups in total. The third-order valence-electron chi connectivity index (χ3n) is 12.1. The first-order chi connectivity index (χ1) is 28.7. The van der Waals surface area contributed by atoms with Crippen LogP contribution in [0.4, 0.5) is 0 Å². The normalized spacial score (nSPS) is 12.2. The Balaban J connectivity index is 0.995. The monoisotopic (exact) mass is 734 g/mol. The third-order valence-corrected chi connectivity index (χ3v) is 12.1. The molecule has 1 aliphatic rings. The minimum atomic E-state index is 0.706. The summed E-state index contributed by atoms with van der Waals surface area (Å²) in [6.07, 6.45) is 0. The van der Waals surface area contributed by atoms with Crippen LogP contribution < -0.4 is 0 Å². The number of hydrogen-bond acceptors (Lipinski definition) is 2. The lowest BCUT2D eigenvalue weighted by molar-refractivity contribution is 1.18. The van der Waals surface area contributed by atoms with Crippen molar-refractivity contribution in [2.24, 2.45) is 0 Å². The Morgan fingerprint density at radius 2 is 0.810 bits per heavy atom. The van der Waals surface area contributed by atoms with Gasteiger partial charge in [-0.05, 0) is 112 Å². The summed E-state index contributed by atoms with van der Waals surface area (Å²) in [6, 6.07) is 70.1. The molecule has 58 heavy (non-hydrogen) atoms. The van der Waals surface area contributed by atoms with Crippen LogP contribution in [0.3, 0.4) is 0 Å². The fraction of sp³-hybridized carbons (Fsp3) is 0. The maximum Gasteiger partial charge on any atom is 0.160 e. The fourth-order valence-electron chi connectivity index (χ4n) is 9.31. The van der Waals surface area contributed by atoms with Crippen molar-refractivity contribution in [3.05, 3.63) is 212 Å². The molecule has 11 aromatic rings. The van der Waals surface area contributed by atoms with Crippen LogP contribution in [0.25, 0.3) is 116 Å². The van der Waals surface area contributed by atoms with E-state index in [4.69, 9.17) is 9.97 Å². The molecule has 0 spiro atoms. The summed E-state index contributed by atoms with van der Waals surface area (Å²) >= 11 is 0. The molecule has 12 rings (SSSR count). The molecule has 0 unspecified atom stereocenters. The summed E-state index contributed by atoms with van der Waals surface area (Å²) in [6.45, 7) is 4.67. The van der Waals surface area contributed by atoms with Gasteiger partial charge in [-0.1, -0.05) is 176 Å². The van der Waals surface area contributed by atoms with Gasteiger partial charge in [0.1, 0.15) is 0 Å². The first-order valence-corrected chi connectivity index (χ1v) is 19.8. The van der Waals surface area contributed by atoms with Crippen molar-refractivity contribution >= 4 is 59.4 Å². The Bertz CT molecular complexity index is 3490. The molecule has 0 saturated heterocycles. The number of nitrogens with zero attached hydrogens (tertiary/aromatic N) is 2. The van der Waals surface area contributed by atoms with Crippen LogP contribution in [0.15, 0.2) is 201 Å². The van der Waals surface area contributed by atoms with Crippen LogP contribution in [0, 0.1) is 0 Å². The quantitative estimate of drug-likeness (QED) is 0.168. The van der Waals surface area contributed by atoms with E-state index in [0.29, 0.717) is 5.82 Å². The topological polar surface area (TPSA) is 25.8 Å². The SMILES string of the molecule is C=C1c2ccc(-c3cccc(-c4ccc5c6ccccc6c6ccccc6c5c4)c3)cc2-c2nc(-c3ccccc3)nc(-c3ccc4c(ccc5ccccc54)c3)c21. The molecule has 0 fully saturated rings. The molecule has 2 heteroatoms. The molecular weight excluding hydrogens is 701 g/mol. The second kappa shape index (κ2) is 12.7. The van der Waals surface area contributed by atoms with Gasteiger partial charge in [-0.2, -0.15) is 0 Å². The molecule has 268 valence electrons. The Hall–Kier alpha value is -7.68. The second-order valence-corrected chi connectivity index (χ2v) is 15.4. The van der Waals surface area contributed by atoms with E-state index in [-0.39, 0.29) is 0 Å². The average molecular weight is 735 g/mol. The van der Waals surface area contributed by atoms with E-state index in [1.165, 1.54) is 65.0 Å². The van der Waals surface area contributed by atoms with Gasteiger partial charge in [0.05, 0.1) is 11.4 Å². The van der Waals surface area contributed by atoms with E-state index in [1.807, 2.05) is 18.2 Å². The number of aromatic nitrogens is 2. The van der Waals surface area contributed by atoms with Crippen LogP contribution in [0.2, 0.25) is 0 Å². The molecule has 0 atom stereocenters. The second-order valence-electron chi connectivity index (χ2n) is 15.4. The van der Waals surface area contributed by atoms with E-state index < -0.39 is 0 Å². The summed E-state index contributed by atoms with van der Waals surface area (Å²) in [5.41, 5.74) is 12.7. The largest absolute Gasteiger partial charge is 0.227 e. The highest BCUT2D eigenvalue weighted by molar-refractivity contribution is 6.25. The molecule has 2 nitrogen and oxygen atoms in total. The molecule has 1 aromatic heterocycles. The zero-order valence-corrected chi connectivity index (χ0v) is 31.6. The molecule has 0 bridgehead atoms. The summed E-state index contributed by atoms with van der Waals surface area (Å²) in [5.74, 6) is 0.706. The Morgan fingerprint density at radius 3 is 1.57 bits per heavy atom. The fourth-order valence-corrected chi connectivity index (χ4v) is 9.31. The average Bonchev–Trinajstić information content (AvgIpc) is 3.59. The number of rotatable bonds is 4. The minimum absolute atomic E-state index is 0.706. The van der Waals surface area contributed by atoms with Gasteiger partial charge >= 0.3 is 0 Å². The lowest BCUT2D eigenvalue weighted by Crippen LogP contribution is -1.99. The Labute approximate surface area is 336 Å². The van der Waals surface area contributed by atoms with Crippen LogP contribution >= 0.6 is 0 Å². The smallest absolute Gasteiger partial charge is 0.160 e. The van der Waals surface area contributed by atoms with Gasteiger partial charge in [0, 0.05) is 22.3 Å². The van der Waals surface area contributed by atoms with E-state index >= 15 is 0 Å². The van der Waals surface area contributed by atoms with Crippen molar-refractivity contribution in [1.82, 2.24) is 9.97 Å². The van der Waals surface area contributed by atoms with Crippen molar-refractivity contribution in [3.63, 3.8) is 0 Å². The van der Waals surface area contributed by atoms with Gasteiger partial charge in [0.15, 0.2) is 5.82 Å². The van der Waals surface area contributed by atoms with Crippen LogP contribution in [0.5, 0.6) is 0 Å². The van der Waals surface area contributed by atoms with Gasteiger partial charge in [0.2, 0.25) is 0 Å². The highest BCUT2D eigenvalue weighted by Gasteiger charge is 2.30. The third kappa shape index (κ3) is 4.99. The van der Waals surface area contributed by atoms with Gasteiger partial charge in [-0.15, -0.1) is 0 Å². The van der Waals surface area contributed by atoms with E-state index in [2.05, 4.69) is 183 Å². The highest BCUT2D eigenvalue weighted by Crippen LogP contribution is 2.48. The first-order valence-electron chi connectivity index (χ1n) is 19.8. The molecule has 0 aliphatic heterocycles. The molecule has 0 saturated carbocycles. The number of fused-ring (bicyclic) bond motifs is 12. The number of hydrogen-bond donors (Lipinski definition) is 0. The van der Waals surface area contributed by atoms with E-state index in [9.17, 15) is 0 Å². The van der Waals surface area contributed by atoms with Crippen molar-refractivity contribution in [1.29, 1.82) is 0 Å². The summed E-state index contributed by atoms with van der Waals surface area (Å²) in [5, 5.41) is 12.6. The molecule has 1 heterocycles. The standard InChI is InChI=1S/C56H34N2/c1-34-43-27-24-40(38-16-11-15-37(30-38)39-25-29-50-48-20-8-7-18-46(48)47-19-9-10-21-49(47)51(50)32-39)33-52(43)55-53(34)54(57-56(58-55)36-13-3-2-4-14-36)42-26-28-45-41(31-42)23-22-35-12-5-6-17-44(35)45/h2-33H,1H2. The molecule has 0 radical (unpaired) electrons. The van der Waals surface area contributed by atoms with Crippen LogP contribution in [0.1, 0.15) is 11.1 Å². The summed E-state index contributed by atoms with van der Waals surface area (Å²) in [4.78, 5) is 10.6. The maximum atomic E-state index is 5.31. The van der Waals surface area contributed by atoms with Crippen LogP contribution in [-0.2, 0) is 0 Å². The van der Waals surface area contributed by atoms with Crippen molar-refractivity contribution in [2.75, 3.05) is 0 Å². The Kier molecular flexibility index (Phi) is 7.11. The maximum absolute atomic E-state index is 5.31. The van der Waals surface area contributed by atoms with Crippen molar-refractivity contribution < 1.29 is 0 Å². The zero-order chi connectivity index (χ0) is 38.3. The predicted octanol–water partition coefficient (Wildman–Crippen LogP) is 15.0. The van der Waals surface area contributed by atoms with Gasteiger partial charge in [0.25, 0.3) is 0 Å². The lowest BCUT2D eigenvalue weighted by atomic mass is 9.91. The predicted molar refractivity (Wildman–Crippen MR) is 245 cm³/mol. The Morgan fingerprint density at radius 1 is 0.293 bits per heavy atom. The van der Waals surface area contributed by atoms with E-state index in [1.54, 1.807) is 0 Å². The van der Waals surface area contributed by atoms with Crippen LogP contribution in [-0.4, -0.2) is 9.97 Å². The van der Waals surface area contributed by atoms with E-state index in [0.717, 1.165) is 55.9 Å². The highest BCUT2D eigenvalue weighted by atomic mass is 14.9. The van der Waals surface area contributed by atoms with Gasteiger partial charge < -0.3 is 0 Å². The minimum Gasteiger partial charge on any atom is -0.227 e. The molecule has 1 aliphatic carbocycles. The van der Waals surface area contributed by atoms with Gasteiger partial charge in [-0.3, -0.25) is 0 Å². The number of benzene rings is 10. The van der Waals surface area contributed by atoms with Gasteiger partial charge in [-0.25, -0.2) is 9.97 Å². The van der Waals surface area contributed by atoms with Crippen molar-refractivity contribution in [2.45, 2.75) is 0 Å². The van der Waals surface area contributed by atoms with Crippen molar-refractivity contribution in [3.8, 4) is 56.2 Å². The lowest BCUT2D eigenvalue weighted by Gasteiger charge is -2.13. The molecular formula is C56H34N2. The molecule has 0 amide bonds. The summed E-state index contributed by atoms with van der Waals surface area (Å²) < 4.78 is 0.